The van der Waals surface area contributed by atoms with Crippen LogP contribution in [0, 0.1) is 5.41 Å². The molecule has 1 rings (SSSR count). The quantitative estimate of drug-likeness (QED) is 0.737. The van der Waals surface area contributed by atoms with Gasteiger partial charge < -0.3 is 0 Å². The van der Waals surface area contributed by atoms with E-state index in [1.165, 1.54) is 4.68 Å². The third-order valence-corrected chi connectivity index (χ3v) is 3.70. The average Bonchev–Trinajstić information content (AvgIpc) is 2.57. The molecule has 1 aromatic rings. The standard InChI is InChI=1S/C10H20N4OS/c1-10(2,3)7-5-6-8-16(15)9-11-12-13-14(9)4/h5-8H2,1-4H3. The summed E-state index contributed by atoms with van der Waals surface area (Å²) in [6.07, 6.45) is 3.21. The molecule has 6 heteroatoms. The Balaban J connectivity index is 2.29. The van der Waals surface area contributed by atoms with E-state index in [4.69, 9.17) is 0 Å². The molecule has 1 aromatic heterocycles. The van der Waals surface area contributed by atoms with Crippen molar-refractivity contribution in [2.24, 2.45) is 12.5 Å². The highest BCUT2D eigenvalue weighted by Gasteiger charge is 2.13. The summed E-state index contributed by atoms with van der Waals surface area (Å²) in [5, 5.41) is 11.4. The van der Waals surface area contributed by atoms with Gasteiger partial charge in [-0.15, -0.1) is 0 Å². The molecule has 1 unspecified atom stereocenters. The molecule has 0 aromatic carbocycles. The van der Waals surface area contributed by atoms with E-state index in [9.17, 15) is 4.21 Å². The molecule has 0 bridgehead atoms. The Morgan fingerprint density at radius 3 is 2.50 bits per heavy atom. The van der Waals surface area contributed by atoms with Gasteiger partial charge in [0.25, 0.3) is 0 Å². The zero-order chi connectivity index (χ0) is 12.2. The summed E-state index contributed by atoms with van der Waals surface area (Å²) in [6.45, 7) is 6.66. The molecule has 0 aliphatic heterocycles. The molecule has 0 spiro atoms. The first-order chi connectivity index (χ1) is 7.40. The van der Waals surface area contributed by atoms with Crippen LogP contribution in [0.5, 0.6) is 0 Å². The maximum atomic E-state index is 11.8. The van der Waals surface area contributed by atoms with E-state index >= 15 is 0 Å². The van der Waals surface area contributed by atoms with E-state index < -0.39 is 10.8 Å². The Morgan fingerprint density at radius 1 is 1.31 bits per heavy atom. The Kier molecular flexibility index (Phi) is 4.58. The van der Waals surface area contributed by atoms with Crippen molar-refractivity contribution in [2.45, 2.75) is 45.2 Å². The van der Waals surface area contributed by atoms with Gasteiger partial charge in [0.2, 0.25) is 5.16 Å². The third-order valence-electron chi connectivity index (χ3n) is 2.29. The van der Waals surface area contributed by atoms with Gasteiger partial charge in [-0.3, -0.25) is 4.21 Å². The molecule has 0 radical (unpaired) electrons. The molecule has 1 atom stereocenters. The summed E-state index contributed by atoms with van der Waals surface area (Å²) in [6, 6.07) is 0. The minimum atomic E-state index is -1.07. The summed E-state index contributed by atoms with van der Waals surface area (Å²) < 4.78 is 13.3. The largest absolute Gasteiger partial charge is 0.251 e. The van der Waals surface area contributed by atoms with Crippen LogP contribution in [-0.4, -0.2) is 30.2 Å². The monoisotopic (exact) mass is 244 g/mol. The Hall–Kier alpha value is -0.780. The second-order valence-corrected chi connectivity index (χ2v) is 6.62. The first-order valence-corrected chi connectivity index (χ1v) is 6.83. The van der Waals surface area contributed by atoms with Crippen LogP contribution in [0.1, 0.15) is 40.0 Å². The molecule has 92 valence electrons. The Morgan fingerprint density at radius 2 is 2.00 bits per heavy atom. The molecule has 0 fully saturated rings. The maximum absolute atomic E-state index is 11.8. The fraction of sp³-hybridized carbons (Fsp3) is 0.900. The molecule has 16 heavy (non-hydrogen) atoms. The van der Waals surface area contributed by atoms with Crippen molar-refractivity contribution in [1.82, 2.24) is 20.2 Å². The summed E-state index contributed by atoms with van der Waals surface area (Å²) in [7, 11) is 0.645. The van der Waals surface area contributed by atoms with Crippen molar-refractivity contribution >= 4 is 10.8 Å². The zero-order valence-corrected chi connectivity index (χ0v) is 11.3. The number of nitrogens with zero attached hydrogens (tertiary/aromatic N) is 4. The highest BCUT2D eigenvalue weighted by atomic mass is 32.2. The van der Waals surface area contributed by atoms with Gasteiger partial charge in [0.05, 0.1) is 10.8 Å². The number of rotatable bonds is 5. The second-order valence-electron chi connectivity index (χ2n) is 5.15. The highest BCUT2D eigenvalue weighted by molar-refractivity contribution is 7.84. The van der Waals surface area contributed by atoms with E-state index in [1.807, 2.05) is 0 Å². The topological polar surface area (TPSA) is 60.7 Å². The molecule has 0 aliphatic rings. The molecular formula is C10H20N4OS. The minimum Gasteiger partial charge on any atom is -0.251 e. The number of aryl methyl sites for hydroxylation is 1. The smallest absolute Gasteiger partial charge is 0.239 e. The molecule has 0 N–H and O–H groups in total. The van der Waals surface area contributed by atoms with Crippen molar-refractivity contribution in [3.8, 4) is 0 Å². The summed E-state index contributed by atoms with van der Waals surface area (Å²) in [5.41, 5.74) is 0.355. The molecule has 0 saturated carbocycles. The van der Waals surface area contributed by atoms with Gasteiger partial charge in [-0.25, -0.2) is 4.68 Å². The van der Waals surface area contributed by atoms with Crippen LogP contribution >= 0.6 is 0 Å². The normalized spacial score (nSPS) is 14.0. The number of hydrogen-bond acceptors (Lipinski definition) is 4. The average molecular weight is 244 g/mol. The van der Waals surface area contributed by atoms with E-state index in [-0.39, 0.29) is 0 Å². The molecule has 1 heterocycles. The SMILES string of the molecule is Cn1nnnc1S(=O)CCCCC(C)(C)C. The van der Waals surface area contributed by atoms with E-state index in [0.29, 0.717) is 16.3 Å². The predicted octanol–water partition coefficient (Wildman–Crippen LogP) is 1.53. The van der Waals surface area contributed by atoms with Gasteiger partial charge in [0, 0.05) is 12.8 Å². The lowest BCUT2D eigenvalue weighted by Gasteiger charge is -2.17. The first-order valence-electron chi connectivity index (χ1n) is 5.51. The van der Waals surface area contributed by atoms with Crippen molar-refractivity contribution in [1.29, 1.82) is 0 Å². The number of hydrogen-bond donors (Lipinski definition) is 0. The Bertz CT molecular complexity index is 356. The van der Waals surface area contributed by atoms with E-state index in [2.05, 4.69) is 36.3 Å². The van der Waals surface area contributed by atoms with Gasteiger partial charge in [-0.2, -0.15) is 0 Å². The Labute approximate surface area is 99.1 Å². The fourth-order valence-corrected chi connectivity index (χ4v) is 2.50. The van der Waals surface area contributed by atoms with Crippen LogP contribution < -0.4 is 0 Å². The summed E-state index contributed by atoms with van der Waals surface area (Å²) >= 11 is 0. The summed E-state index contributed by atoms with van der Waals surface area (Å²) in [5.74, 6) is 0.643. The van der Waals surface area contributed by atoms with Gasteiger partial charge >= 0.3 is 0 Å². The number of unbranched alkanes of at least 4 members (excludes halogenated alkanes) is 1. The second kappa shape index (κ2) is 5.52. The lowest BCUT2D eigenvalue weighted by atomic mass is 9.90. The van der Waals surface area contributed by atoms with Crippen LogP contribution in [0.15, 0.2) is 5.16 Å². The van der Waals surface area contributed by atoms with E-state index in [0.717, 1.165) is 19.3 Å². The maximum Gasteiger partial charge on any atom is 0.239 e. The van der Waals surface area contributed by atoms with E-state index in [1.54, 1.807) is 7.05 Å². The summed E-state index contributed by atoms with van der Waals surface area (Å²) in [4.78, 5) is 0. The fourth-order valence-electron chi connectivity index (χ4n) is 1.39. The van der Waals surface area contributed by atoms with Crippen LogP contribution in [0.3, 0.4) is 0 Å². The molecular weight excluding hydrogens is 224 g/mol. The van der Waals surface area contributed by atoms with Crippen molar-refractivity contribution < 1.29 is 4.21 Å². The van der Waals surface area contributed by atoms with Crippen LogP contribution in [-0.2, 0) is 17.8 Å². The van der Waals surface area contributed by atoms with Gasteiger partial charge in [-0.05, 0) is 28.7 Å². The lowest BCUT2D eigenvalue weighted by Crippen LogP contribution is -2.08. The first kappa shape index (κ1) is 13.3. The number of tetrazole rings is 1. The van der Waals surface area contributed by atoms with Crippen LogP contribution in [0.2, 0.25) is 0 Å². The number of aromatic nitrogens is 4. The minimum absolute atomic E-state index is 0.355. The third kappa shape index (κ3) is 4.38. The lowest BCUT2D eigenvalue weighted by molar-refractivity contribution is 0.364. The van der Waals surface area contributed by atoms with Crippen molar-refractivity contribution in [2.75, 3.05) is 5.75 Å². The molecule has 0 saturated heterocycles. The van der Waals surface area contributed by atoms with Gasteiger partial charge in [0.1, 0.15) is 0 Å². The molecule has 0 aliphatic carbocycles. The van der Waals surface area contributed by atoms with Crippen molar-refractivity contribution in [3.05, 3.63) is 0 Å². The van der Waals surface area contributed by atoms with Crippen LogP contribution in [0.25, 0.3) is 0 Å². The van der Waals surface area contributed by atoms with Gasteiger partial charge in [0.15, 0.2) is 0 Å². The van der Waals surface area contributed by atoms with Gasteiger partial charge in [-0.1, -0.05) is 32.3 Å². The molecule has 5 nitrogen and oxygen atoms in total. The van der Waals surface area contributed by atoms with Crippen LogP contribution in [0.4, 0.5) is 0 Å². The van der Waals surface area contributed by atoms with Crippen molar-refractivity contribution in [3.63, 3.8) is 0 Å². The molecule has 0 amide bonds. The zero-order valence-electron chi connectivity index (χ0n) is 10.4. The predicted molar refractivity (Wildman–Crippen MR) is 63.4 cm³/mol. The highest BCUT2D eigenvalue weighted by Crippen LogP contribution is 2.21.